The lowest BCUT2D eigenvalue weighted by Gasteiger charge is -2.07. The molecule has 2 aromatic rings. The number of unbranched alkanes of at least 4 members (excludes halogenated alkanes) is 4. The number of carbonyl (C=O) groups excluding carboxylic acids is 3. The quantitative estimate of drug-likeness (QED) is 0.166. The van der Waals surface area contributed by atoms with E-state index in [-0.39, 0.29) is 25.2 Å². The number of hydrogen-bond acceptors (Lipinski definition) is 6. The minimum atomic E-state index is -0.432. The standard InChI is InChI=1S/C26H32O6/c1-20(2)26(29)31-18-10-17-30-24(27)13-6-4-3-5-7-14-25(28)32-23-16-15-21-11-8-9-12-22(21)19-23/h8-9,11-12,15-16,19H,1,3-7,10,13-14,17-18H2,2H3. The molecule has 2 aromatic carbocycles. The molecule has 0 fully saturated rings. The van der Waals surface area contributed by atoms with Crippen molar-refractivity contribution in [3.05, 3.63) is 54.6 Å². The SMILES string of the molecule is C=C(C)C(=O)OCCCOC(=O)CCCCCCCC(=O)Oc1ccc2ccccc2c1. The van der Waals surface area contributed by atoms with Crippen molar-refractivity contribution in [2.75, 3.05) is 13.2 Å². The highest BCUT2D eigenvalue weighted by atomic mass is 16.5. The maximum Gasteiger partial charge on any atom is 0.333 e. The van der Waals surface area contributed by atoms with Gasteiger partial charge in [-0.15, -0.1) is 0 Å². The van der Waals surface area contributed by atoms with Gasteiger partial charge in [-0.05, 0) is 42.7 Å². The molecule has 0 atom stereocenters. The average Bonchev–Trinajstić information content (AvgIpc) is 2.77. The van der Waals surface area contributed by atoms with E-state index in [4.69, 9.17) is 14.2 Å². The summed E-state index contributed by atoms with van der Waals surface area (Å²) in [5.41, 5.74) is 0.351. The van der Waals surface area contributed by atoms with Crippen molar-refractivity contribution >= 4 is 28.7 Å². The molecule has 0 N–H and O–H groups in total. The predicted octanol–water partition coefficient (Wildman–Crippen LogP) is 5.53. The molecule has 2 rings (SSSR count). The maximum atomic E-state index is 12.0. The fraction of sp³-hybridized carbons (Fsp3) is 0.423. The average molecular weight is 441 g/mol. The zero-order valence-electron chi connectivity index (χ0n) is 18.8. The second-order valence-corrected chi connectivity index (χ2v) is 7.74. The molecule has 172 valence electrons. The fourth-order valence-corrected chi connectivity index (χ4v) is 3.09. The first-order valence-electron chi connectivity index (χ1n) is 11.1. The lowest BCUT2D eigenvalue weighted by atomic mass is 10.1. The van der Waals surface area contributed by atoms with Crippen LogP contribution in [0.15, 0.2) is 54.6 Å². The Morgan fingerprint density at radius 1 is 0.750 bits per heavy atom. The van der Waals surface area contributed by atoms with E-state index in [2.05, 4.69) is 6.58 Å². The van der Waals surface area contributed by atoms with E-state index in [0.29, 0.717) is 30.6 Å². The summed E-state index contributed by atoms with van der Waals surface area (Å²) in [7, 11) is 0. The van der Waals surface area contributed by atoms with Gasteiger partial charge in [-0.3, -0.25) is 9.59 Å². The van der Waals surface area contributed by atoms with Crippen LogP contribution in [0, 0.1) is 0 Å². The molecule has 0 aliphatic heterocycles. The van der Waals surface area contributed by atoms with E-state index >= 15 is 0 Å². The summed E-state index contributed by atoms with van der Waals surface area (Å²) in [5, 5.41) is 2.16. The van der Waals surface area contributed by atoms with E-state index in [1.54, 1.807) is 6.92 Å². The Labute approximate surface area is 189 Å². The van der Waals surface area contributed by atoms with E-state index < -0.39 is 5.97 Å². The van der Waals surface area contributed by atoms with Crippen LogP contribution in [-0.2, 0) is 23.9 Å². The Bertz CT molecular complexity index is 917. The van der Waals surface area contributed by atoms with Gasteiger partial charge in [0, 0.05) is 24.8 Å². The van der Waals surface area contributed by atoms with Crippen molar-refractivity contribution in [3.8, 4) is 5.75 Å². The number of benzene rings is 2. The monoisotopic (exact) mass is 440 g/mol. The number of rotatable bonds is 14. The van der Waals surface area contributed by atoms with Crippen LogP contribution in [-0.4, -0.2) is 31.1 Å². The first-order chi connectivity index (χ1) is 15.5. The third-order valence-corrected chi connectivity index (χ3v) is 4.85. The van der Waals surface area contributed by atoms with E-state index in [1.807, 2.05) is 42.5 Å². The third kappa shape index (κ3) is 9.77. The van der Waals surface area contributed by atoms with Crippen LogP contribution in [0.4, 0.5) is 0 Å². The summed E-state index contributed by atoms with van der Waals surface area (Å²) in [4.78, 5) is 34.9. The molecule has 0 spiro atoms. The molecule has 6 nitrogen and oxygen atoms in total. The van der Waals surface area contributed by atoms with Gasteiger partial charge >= 0.3 is 17.9 Å². The number of fused-ring (bicyclic) bond motifs is 1. The molecule has 0 heterocycles. The molecule has 0 radical (unpaired) electrons. The van der Waals surface area contributed by atoms with Gasteiger partial charge in [-0.2, -0.15) is 0 Å². The molecular formula is C26H32O6. The van der Waals surface area contributed by atoms with E-state index in [1.165, 1.54) is 0 Å². The summed E-state index contributed by atoms with van der Waals surface area (Å²) < 4.78 is 15.5. The maximum absolute atomic E-state index is 12.0. The van der Waals surface area contributed by atoms with Gasteiger partial charge in [-0.25, -0.2) is 4.79 Å². The van der Waals surface area contributed by atoms with Crippen LogP contribution in [0.25, 0.3) is 10.8 Å². The van der Waals surface area contributed by atoms with Crippen LogP contribution in [0.3, 0.4) is 0 Å². The molecule has 0 aliphatic rings. The number of ether oxygens (including phenoxy) is 3. The number of carbonyl (C=O) groups is 3. The fourth-order valence-electron chi connectivity index (χ4n) is 3.09. The van der Waals surface area contributed by atoms with Gasteiger partial charge in [0.15, 0.2) is 0 Å². The van der Waals surface area contributed by atoms with Crippen molar-refractivity contribution in [2.24, 2.45) is 0 Å². The topological polar surface area (TPSA) is 78.9 Å². The van der Waals surface area contributed by atoms with Crippen LogP contribution < -0.4 is 4.74 Å². The molecule has 0 bridgehead atoms. The number of hydrogen-bond donors (Lipinski definition) is 0. The second-order valence-electron chi connectivity index (χ2n) is 7.74. The highest BCUT2D eigenvalue weighted by Gasteiger charge is 2.07. The predicted molar refractivity (Wildman–Crippen MR) is 123 cm³/mol. The second kappa shape index (κ2) is 14.0. The highest BCUT2D eigenvalue weighted by Crippen LogP contribution is 2.21. The summed E-state index contributed by atoms with van der Waals surface area (Å²) in [5.74, 6) is -0.326. The summed E-state index contributed by atoms with van der Waals surface area (Å²) in [6.07, 6.45) is 5.51. The van der Waals surface area contributed by atoms with Crippen LogP contribution in [0.2, 0.25) is 0 Å². The van der Waals surface area contributed by atoms with Crippen molar-refractivity contribution in [3.63, 3.8) is 0 Å². The molecule has 0 saturated heterocycles. The Morgan fingerprint density at radius 2 is 1.38 bits per heavy atom. The minimum Gasteiger partial charge on any atom is -0.466 e. The first kappa shape index (κ1) is 25.1. The Hall–Kier alpha value is -3.15. The largest absolute Gasteiger partial charge is 0.466 e. The van der Waals surface area contributed by atoms with Crippen LogP contribution in [0.5, 0.6) is 5.75 Å². The van der Waals surface area contributed by atoms with Crippen molar-refractivity contribution in [1.29, 1.82) is 0 Å². The van der Waals surface area contributed by atoms with E-state index in [0.717, 1.165) is 42.9 Å². The molecule has 0 saturated carbocycles. The van der Waals surface area contributed by atoms with Gasteiger partial charge in [0.05, 0.1) is 13.2 Å². The van der Waals surface area contributed by atoms with Crippen molar-refractivity contribution < 1.29 is 28.6 Å². The molecule has 0 aliphatic carbocycles. The Morgan fingerprint density at radius 3 is 2.09 bits per heavy atom. The Balaban J connectivity index is 1.46. The summed E-state index contributed by atoms with van der Waals surface area (Å²) in [6.45, 7) is 5.53. The zero-order valence-corrected chi connectivity index (χ0v) is 18.8. The van der Waals surface area contributed by atoms with Gasteiger partial charge in [0.25, 0.3) is 0 Å². The van der Waals surface area contributed by atoms with Crippen molar-refractivity contribution in [1.82, 2.24) is 0 Å². The van der Waals surface area contributed by atoms with E-state index in [9.17, 15) is 14.4 Å². The first-order valence-corrected chi connectivity index (χ1v) is 11.1. The van der Waals surface area contributed by atoms with Gasteiger partial charge < -0.3 is 14.2 Å². The Kier molecular flexibility index (Phi) is 11.0. The molecule has 0 aromatic heterocycles. The molecule has 32 heavy (non-hydrogen) atoms. The molecule has 0 amide bonds. The zero-order chi connectivity index (χ0) is 23.2. The molecular weight excluding hydrogens is 408 g/mol. The van der Waals surface area contributed by atoms with Crippen LogP contribution >= 0.6 is 0 Å². The van der Waals surface area contributed by atoms with Gasteiger partial charge in [0.1, 0.15) is 5.75 Å². The van der Waals surface area contributed by atoms with Crippen LogP contribution in [0.1, 0.15) is 58.3 Å². The lowest BCUT2D eigenvalue weighted by molar-refractivity contribution is -0.145. The lowest BCUT2D eigenvalue weighted by Crippen LogP contribution is -2.10. The molecule has 6 heteroatoms. The van der Waals surface area contributed by atoms with Crippen molar-refractivity contribution in [2.45, 2.75) is 58.3 Å². The van der Waals surface area contributed by atoms with Gasteiger partial charge in [0.2, 0.25) is 0 Å². The van der Waals surface area contributed by atoms with Gasteiger partial charge in [-0.1, -0.05) is 56.2 Å². The summed E-state index contributed by atoms with van der Waals surface area (Å²) >= 11 is 0. The smallest absolute Gasteiger partial charge is 0.333 e. The number of esters is 3. The molecule has 0 unspecified atom stereocenters. The highest BCUT2D eigenvalue weighted by molar-refractivity contribution is 5.87. The minimum absolute atomic E-state index is 0.211. The third-order valence-electron chi connectivity index (χ3n) is 4.85. The summed E-state index contributed by atoms with van der Waals surface area (Å²) in [6, 6.07) is 13.6. The normalized spacial score (nSPS) is 10.5.